The molecule has 0 aromatic heterocycles. The van der Waals surface area contributed by atoms with E-state index in [1.807, 2.05) is 31.2 Å². The molecule has 0 bridgehead atoms. The van der Waals surface area contributed by atoms with Gasteiger partial charge < -0.3 is 15.0 Å². The fourth-order valence-electron chi connectivity index (χ4n) is 4.35. The van der Waals surface area contributed by atoms with Gasteiger partial charge in [0, 0.05) is 22.6 Å². The molecule has 1 fully saturated rings. The highest BCUT2D eigenvalue weighted by molar-refractivity contribution is 6.35. The van der Waals surface area contributed by atoms with E-state index < -0.39 is 6.04 Å². The van der Waals surface area contributed by atoms with Crippen molar-refractivity contribution < 1.29 is 14.3 Å². The molecular weight excluding hydrogens is 471 g/mol. The van der Waals surface area contributed by atoms with Crippen molar-refractivity contribution in [1.82, 2.24) is 10.2 Å². The van der Waals surface area contributed by atoms with Gasteiger partial charge in [-0.25, -0.2) is 0 Å². The highest BCUT2D eigenvalue weighted by Gasteiger charge is 2.31. The molecule has 3 rings (SSSR count). The third-order valence-electron chi connectivity index (χ3n) is 6.39. The summed E-state index contributed by atoms with van der Waals surface area (Å²) < 4.78 is 5.78. The van der Waals surface area contributed by atoms with Crippen molar-refractivity contribution in [2.75, 3.05) is 6.61 Å². The molecule has 0 spiro atoms. The zero-order valence-corrected chi connectivity index (χ0v) is 21.5. The number of amides is 2. The Morgan fingerprint density at radius 1 is 1.06 bits per heavy atom. The number of benzene rings is 2. The quantitative estimate of drug-likeness (QED) is 0.419. The average molecular weight is 505 g/mol. The highest BCUT2D eigenvalue weighted by atomic mass is 35.5. The fraction of sp³-hybridized carbons (Fsp3) is 0.481. The number of carbonyl (C=O) groups excluding carboxylic acids is 2. The summed E-state index contributed by atoms with van der Waals surface area (Å²) >= 11 is 12.5. The minimum absolute atomic E-state index is 0.125. The summed E-state index contributed by atoms with van der Waals surface area (Å²) in [5.74, 6) is 0.228. The van der Waals surface area contributed by atoms with E-state index in [-0.39, 0.29) is 31.0 Å². The Morgan fingerprint density at radius 3 is 2.38 bits per heavy atom. The van der Waals surface area contributed by atoms with Gasteiger partial charge in [-0.2, -0.15) is 0 Å². The monoisotopic (exact) mass is 504 g/mol. The van der Waals surface area contributed by atoms with Crippen molar-refractivity contribution in [2.24, 2.45) is 0 Å². The van der Waals surface area contributed by atoms with Gasteiger partial charge in [0.25, 0.3) is 5.91 Å². The lowest BCUT2D eigenvalue weighted by Gasteiger charge is -2.33. The first-order valence-electron chi connectivity index (χ1n) is 12.2. The standard InChI is InChI=1S/C27H34Cl2N2O3/c1-3-19-10-14-23(15-11-19)34-18-26(32)31(17-20-12-13-21(28)16-24(20)29)25(4-2)27(33)30-22-8-6-5-7-9-22/h10-16,22,25H,3-9,17-18H2,1-2H3,(H,30,33)/t25-/m1/s1. The van der Waals surface area contributed by atoms with Gasteiger partial charge in [0.2, 0.25) is 5.91 Å². The maximum absolute atomic E-state index is 13.4. The second kappa shape index (κ2) is 13.0. The van der Waals surface area contributed by atoms with E-state index in [2.05, 4.69) is 12.2 Å². The largest absolute Gasteiger partial charge is 0.484 e. The van der Waals surface area contributed by atoms with Crippen LogP contribution in [0.25, 0.3) is 0 Å². The van der Waals surface area contributed by atoms with Crippen molar-refractivity contribution >= 4 is 35.0 Å². The molecule has 1 aliphatic rings. The third-order valence-corrected chi connectivity index (χ3v) is 6.97. The molecule has 0 heterocycles. The molecule has 2 amide bonds. The molecule has 2 aromatic carbocycles. The maximum Gasteiger partial charge on any atom is 0.261 e. The number of hydrogen-bond donors (Lipinski definition) is 1. The number of rotatable bonds is 10. The van der Waals surface area contributed by atoms with Gasteiger partial charge in [0.05, 0.1) is 0 Å². The van der Waals surface area contributed by atoms with Crippen LogP contribution in [-0.4, -0.2) is 35.4 Å². The Hall–Kier alpha value is -2.24. The molecule has 184 valence electrons. The Labute approximate surface area is 212 Å². The summed E-state index contributed by atoms with van der Waals surface area (Å²) in [5, 5.41) is 4.16. The first kappa shape index (κ1) is 26.4. The summed E-state index contributed by atoms with van der Waals surface area (Å²) in [6.45, 7) is 4.04. The fourth-order valence-corrected chi connectivity index (χ4v) is 4.81. The van der Waals surface area contributed by atoms with E-state index in [0.717, 1.165) is 37.7 Å². The highest BCUT2D eigenvalue weighted by Crippen LogP contribution is 2.24. The molecule has 1 aliphatic carbocycles. The van der Waals surface area contributed by atoms with Crippen LogP contribution in [0.15, 0.2) is 42.5 Å². The van der Waals surface area contributed by atoms with Crippen molar-refractivity contribution in [2.45, 2.75) is 77.4 Å². The molecular formula is C27H34Cl2N2O3. The van der Waals surface area contributed by atoms with Gasteiger partial charge >= 0.3 is 0 Å². The Kier molecular flexibility index (Phi) is 10.1. The number of hydrogen-bond acceptors (Lipinski definition) is 3. The van der Waals surface area contributed by atoms with E-state index in [1.54, 1.807) is 23.1 Å². The van der Waals surface area contributed by atoms with E-state index in [9.17, 15) is 9.59 Å². The van der Waals surface area contributed by atoms with Gasteiger partial charge in [-0.1, -0.05) is 74.5 Å². The lowest BCUT2D eigenvalue weighted by molar-refractivity contribution is -0.143. The van der Waals surface area contributed by atoms with Crippen LogP contribution >= 0.6 is 23.2 Å². The molecule has 0 unspecified atom stereocenters. The predicted octanol–water partition coefficient (Wildman–Crippen LogP) is 6.19. The van der Waals surface area contributed by atoms with Crippen LogP contribution in [0, 0.1) is 0 Å². The molecule has 7 heteroatoms. The van der Waals surface area contributed by atoms with Gasteiger partial charge in [-0.3, -0.25) is 9.59 Å². The van der Waals surface area contributed by atoms with Crippen LogP contribution in [0.1, 0.15) is 63.5 Å². The normalized spacial score (nSPS) is 14.9. The molecule has 1 N–H and O–H groups in total. The number of carbonyl (C=O) groups is 2. The number of halogens is 2. The summed E-state index contributed by atoms with van der Waals surface area (Å²) in [5.41, 5.74) is 1.93. The van der Waals surface area contributed by atoms with E-state index in [4.69, 9.17) is 27.9 Å². The minimum Gasteiger partial charge on any atom is -0.484 e. The second-order valence-corrected chi connectivity index (χ2v) is 9.65. The predicted molar refractivity (Wildman–Crippen MR) is 137 cm³/mol. The SMILES string of the molecule is CCc1ccc(OCC(=O)N(Cc2ccc(Cl)cc2Cl)[C@H](CC)C(=O)NC2CCCCC2)cc1. The summed E-state index contributed by atoms with van der Waals surface area (Å²) in [4.78, 5) is 28.2. The van der Waals surface area contributed by atoms with Crippen molar-refractivity contribution in [3.05, 3.63) is 63.6 Å². The molecule has 0 radical (unpaired) electrons. The number of nitrogens with zero attached hydrogens (tertiary/aromatic N) is 1. The van der Waals surface area contributed by atoms with Crippen LogP contribution in [-0.2, 0) is 22.6 Å². The summed E-state index contributed by atoms with van der Waals surface area (Å²) in [6, 6.07) is 12.4. The number of aryl methyl sites for hydroxylation is 1. The zero-order chi connectivity index (χ0) is 24.5. The van der Waals surface area contributed by atoms with Gasteiger partial charge in [-0.05, 0) is 61.1 Å². The second-order valence-electron chi connectivity index (χ2n) is 8.81. The van der Waals surface area contributed by atoms with Crippen LogP contribution < -0.4 is 10.1 Å². The lowest BCUT2D eigenvalue weighted by Crippen LogP contribution is -2.52. The number of nitrogens with one attached hydrogen (secondary N) is 1. The molecule has 1 atom stereocenters. The Bertz CT molecular complexity index is 959. The number of ether oxygens (including phenoxy) is 1. The molecule has 34 heavy (non-hydrogen) atoms. The van der Waals surface area contributed by atoms with Crippen LogP contribution in [0.3, 0.4) is 0 Å². The van der Waals surface area contributed by atoms with Crippen LogP contribution in [0.2, 0.25) is 10.0 Å². The van der Waals surface area contributed by atoms with Crippen LogP contribution in [0.5, 0.6) is 5.75 Å². The summed E-state index contributed by atoms with van der Waals surface area (Å²) in [7, 11) is 0. The Balaban J connectivity index is 1.77. The van der Waals surface area contributed by atoms with Crippen molar-refractivity contribution in [1.29, 1.82) is 0 Å². The van der Waals surface area contributed by atoms with Gasteiger partial charge in [-0.15, -0.1) is 0 Å². The molecule has 5 nitrogen and oxygen atoms in total. The smallest absolute Gasteiger partial charge is 0.261 e. The zero-order valence-electron chi connectivity index (χ0n) is 20.0. The topological polar surface area (TPSA) is 58.6 Å². The van der Waals surface area contributed by atoms with E-state index in [1.165, 1.54) is 12.0 Å². The minimum atomic E-state index is -0.618. The van der Waals surface area contributed by atoms with Crippen molar-refractivity contribution in [3.63, 3.8) is 0 Å². The van der Waals surface area contributed by atoms with Gasteiger partial charge in [0.15, 0.2) is 6.61 Å². The lowest BCUT2D eigenvalue weighted by atomic mass is 9.95. The Morgan fingerprint density at radius 2 is 1.76 bits per heavy atom. The van der Waals surface area contributed by atoms with Crippen molar-refractivity contribution in [3.8, 4) is 5.75 Å². The molecule has 1 saturated carbocycles. The van der Waals surface area contributed by atoms with Gasteiger partial charge in [0.1, 0.15) is 11.8 Å². The first-order valence-corrected chi connectivity index (χ1v) is 12.9. The third kappa shape index (κ3) is 7.38. The first-order chi connectivity index (χ1) is 16.4. The van der Waals surface area contributed by atoms with Crippen LogP contribution in [0.4, 0.5) is 0 Å². The summed E-state index contributed by atoms with van der Waals surface area (Å²) in [6.07, 6.45) is 6.83. The molecule has 2 aromatic rings. The van der Waals surface area contributed by atoms with E-state index >= 15 is 0 Å². The molecule has 0 saturated heterocycles. The molecule has 0 aliphatic heterocycles. The average Bonchev–Trinajstić information content (AvgIpc) is 2.84. The maximum atomic E-state index is 13.4. The van der Waals surface area contributed by atoms with E-state index in [0.29, 0.717) is 22.2 Å².